The van der Waals surface area contributed by atoms with E-state index in [1.54, 1.807) is 0 Å². The maximum absolute atomic E-state index is 5.97. The van der Waals surface area contributed by atoms with Gasteiger partial charge < -0.3 is 5.73 Å². The molecule has 0 aliphatic heterocycles. The molecule has 0 unspecified atom stereocenters. The number of halogens is 4. The Labute approximate surface area is 111 Å². The summed E-state index contributed by atoms with van der Waals surface area (Å²) in [7, 11) is 0. The van der Waals surface area contributed by atoms with Gasteiger partial charge in [-0.1, -0.05) is 48.1 Å². The molecule has 6 heteroatoms. The largest absolute Gasteiger partial charge is 0.324 e. The minimum atomic E-state index is -0.180. The quantitative estimate of drug-likeness (QED) is 0.844. The van der Waals surface area contributed by atoms with Crippen molar-refractivity contribution in [2.75, 3.05) is 0 Å². The summed E-state index contributed by atoms with van der Waals surface area (Å²) in [5, 5.41) is 1.08. The monoisotopic (exact) mass is 288 g/mol. The summed E-state index contributed by atoms with van der Waals surface area (Å²) in [5.41, 5.74) is 6.61. The third kappa shape index (κ3) is 3.65. The summed E-state index contributed by atoms with van der Waals surface area (Å²) in [4.78, 5) is 3.83. The van der Waals surface area contributed by atoms with Crippen LogP contribution < -0.4 is 5.73 Å². The first-order valence-corrected chi connectivity index (χ1v) is 5.46. The molecule has 0 aromatic carbocycles. The highest BCUT2D eigenvalue weighted by molar-refractivity contribution is 6.43. The minimum absolute atomic E-state index is 0. The second-order valence-corrected chi connectivity index (χ2v) is 4.16. The van der Waals surface area contributed by atoms with E-state index in [1.165, 1.54) is 6.20 Å². The lowest BCUT2D eigenvalue weighted by Gasteiger charge is -2.14. The molecule has 1 heterocycles. The summed E-state index contributed by atoms with van der Waals surface area (Å²) >= 11 is 17.7. The molecule has 1 atom stereocenters. The second-order valence-electron chi connectivity index (χ2n) is 3.02. The van der Waals surface area contributed by atoms with Crippen molar-refractivity contribution in [2.24, 2.45) is 5.73 Å². The Morgan fingerprint density at radius 2 is 2.00 bits per heavy atom. The van der Waals surface area contributed by atoms with Crippen molar-refractivity contribution in [1.82, 2.24) is 4.98 Å². The Balaban J connectivity index is 0.00000196. The summed E-state index contributed by atoms with van der Waals surface area (Å²) < 4.78 is 0. The van der Waals surface area contributed by atoms with E-state index in [2.05, 4.69) is 4.98 Å². The maximum atomic E-state index is 5.97. The molecule has 1 aromatic heterocycles. The van der Waals surface area contributed by atoms with Crippen LogP contribution in [0.5, 0.6) is 0 Å². The number of nitrogens with zero attached hydrogens (tertiary/aromatic N) is 1. The van der Waals surface area contributed by atoms with Gasteiger partial charge in [0.1, 0.15) is 5.15 Å². The molecule has 2 nitrogen and oxygen atoms in total. The molecule has 0 spiro atoms. The topological polar surface area (TPSA) is 38.9 Å². The molecule has 86 valence electrons. The van der Waals surface area contributed by atoms with Crippen molar-refractivity contribution < 1.29 is 0 Å². The molecule has 2 N–H and O–H groups in total. The number of rotatable bonds is 3. The molecule has 1 rings (SSSR count). The van der Waals surface area contributed by atoms with E-state index in [-0.39, 0.29) is 23.6 Å². The van der Waals surface area contributed by atoms with Crippen LogP contribution in [0.15, 0.2) is 6.20 Å². The van der Waals surface area contributed by atoms with E-state index in [0.29, 0.717) is 15.6 Å². The minimum Gasteiger partial charge on any atom is -0.324 e. The van der Waals surface area contributed by atoms with Crippen molar-refractivity contribution in [3.05, 3.63) is 27.0 Å². The van der Waals surface area contributed by atoms with Crippen molar-refractivity contribution in [3.63, 3.8) is 0 Å². The van der Waals surface area contributed by atoms with Crippen molar-refractivity contribution in [3.8, 4) is 0 Å². The Kier molecular flexibility index (Phi) is 6.89. The van der Waals surface area contributed by atoms with Gasteiger partial charge in [-0.3, -0.25) is 0 Å². The molecule has 0 radical (unpaired) electrons. The molecular weight excluding hydrogens is 278 g/mol. The Morgan fingerprint density at radius 1 is 1.40 bits per heavy atom. The van der Waals surface area contributed by atoms with Crippen LogP contribution in [0.25, 0.3) is 0 Å². The number of hydrogen-bond acceptors (Lipinski definition) is 2. The van der Waals surface area contributed by atoms with E-state index in [0.717, 1.165) is 12.8 Å². The fourth-order valence-electron chi connectivity index (χ4n) is 1.25. The molecule has 0 fully saturated rings. The van der Waals surface area contributed by atoms with Crippen LogP contribution in [0.4, 0.5) is 0 Å². The number of hydrogen-bond donors (Lipinski definition) is 1. The zero-order valence-electron chi connectivity index (χ0n) is 8.14. The summed E-state index contributed by atoms with van der Waals surface area (Å²) in [5.74, 6) is 0. The summed E-state index contributed by atoms with van der Waals surface area (Å²) in [6.45, 7) is 2.05. The fraction of sp³-hybridized carbons (Fsp3) is 0.444. The number of nitrogens with two attached hydrogens (primary N) is 1. The van der Waals surface area contributed by atoms with Gasteiger partial charge in [0.05, 0.1) is 10.0 Å². The average molecular weight is 290 g/mol. The van der Waals surface area contributed by atoms with E-state index >= 15 is 0 Å². The Morgan fingerprint density at radius 3 is 2.53 bits per heavy atom. The lowest BCUT2D eigenvalue weighted by molar-refractivity contribution is 0.638. The maximum Gasteiger partial charge on any atom is 0.148 e. The van der Waals surface area contributed by atoms with E-state index < -0.39 is 0 Å². The smallest absolute Gasteiger partial charge is 0.148 e. The second kappa shape index (κ2) is 6.77. The standard InChI is InChI=1S/C9H11Cl3N2.ClH/c1-2-3-6(13)7-5(10)4-14-9(12)8(7)11;/h4,6H,2-3,13H2,1H3;1H/t6-;/m0./s1. The average Bonchev–Trinajstić information content (AvgIpc) is 2.13. The summed E-state index contributed by atoms with van der Waals surface area (Å²) in [6.07, 6.45) is 3.26. The highest BCUT2D eigenvalue weighted by Gasteiger charge is 2.16. The number of pyridine rings is 1. The van der Waals surface area contributed by atoms with Gasteiger partial charge in [-0.05, 0) is 6.42 Å². The highest BCUT2D eigenvalue weighted by Crippen LogP contribution is 2.34. The molecular formula is C9H12Cl4N2. The van der Waals surface area contributed by atoms with Crippen LogP contribution in [0.1, 0.15) is 31.4 Å². The molecule has 0 bridgehead atoms. The first kappa shape index (κ1) is 15.3. The van der Waals surface area contributed by atoms with E-state index in [9.17, 15) is 0 Å². The van der Waals surface area contributed by atoms with E-state index in [4.69, 9.17) is 40.5 Å². The molecule has 0 aliphatic carbocycles. The first-order chi connectivity index (χ1) is 6.57. The van der Waals surface area contributed by atoms with Gasteiger partial charge in [-0.2, -0.15) is 0 Å². The zero-order chi connectivity index (χ0) is 10.7. The predicted molar refractivity (Wildman–Crippen MR) is 68.4 cm³/mol. The van der Waals surface area contributed by atoms with Crippen LogP contribution in [-0.4, -0.2) is 4.98 Å². The Bertz CT molecular complexity index is 330. The SMILES string of the molecule is CCC[C@H](N)c1c(Cl)cnc(Cl)c1Cl.Cl. The highest BCUT2D eigenvalue weighted by atomic mass is 35.5. The molecule has 15 heavy (non-hydrogen) atoms. The van der Waals surface area contributed by atoms with Gasteiger partial charge in [0, 0.05) is 17.8 Å². The van der Waals surface area contributed by atoms with Crippen LogP contribution in [0.2, 0.25) is 15.2 Å². The van der Waals surface area contributed by atoms with Crippen LogP contribution in [-0.2, 0) is 0 Å². The van der Waals surface area contributed by atoms with Gasteiger partial charge in [0.15, 0.2) is 0 Å². The summed E-state index contributed by atoms with van der Waals surface area (Å²) in [6, 6.07) is -0.180. The van der Waals surface area contributed by atoms with Crippen molar-refractivity contribution in [1.29, 1.82) is 0 Å². The van der Waals surface area contributed by atoms with Crippen molar-refractivity contribution in [2.45, 2.75) is 25.8 Å². The van der Waals surface area contributed by atoms with E-state index in [1.807, 2.05) is 6.92 Å². The zero-order valence-corrected chi connectivity index (χ0v) is 11.2. The van der Waals surface area contributed by atoms with Gasteiger partial charge >= 0.3 is 0 Å². The molecule has 0 saturated carbocycles. The normalized spacial score (nSPS) is 12.1. The van der Waals surface area contributed by atoms with Crippen LogP contribution >= 0.6 is 47.2 Å². The Hall–Kier alpha value is 0.270. The third-order valence-corrected chi connectivity index (χ3v) is 3.00. The van der Waals surface area contributed by atoms with Gasteiger partial charge in [0.25, 0.3) is 0 Å². The van der Waals surface area contributed by atoms with Crippen LogP contribution in [0, 0.1) is 0 Å². The lowest BCUT2D eigenvalue weighted by atomic mass is 10.0. The first-order valence-electron chi connectivity index (χ1n) is 4.32. The van der Waals surface area contributed by atoms with Gasteiger partial charge in [0.2, 0.25) is 0 Å². The fourth-order valence-corrected chi connectivity index (χ4v) is 2.02. The molecule has 0 saturated heterocycles. The third-order valence-electron chi connectivity index (χ3n) is 1.94. The predicted octanol–water partition coefficient (Wildman–Crippen LogP) is 4.26. The van der Waals surface area contributed by atoms with Gasteiger partial charge in [-0.25, -0.2) is 4.98 Å². The molecule has 0 aliphatic rings. The van der Waals surface area contributed by atoms with Crippen LogP contribution in [0.3, 0.4) is 0 Å². The lowest BCUT2D eigenvalue weighted by Crippen LogP contribution is -2.11. The number of aromatic nitrogens is 1. The molecule has 1 aromatic rings. The van der Waals surface area contributed by atoms with Crippen molar-refractivity contribution >= 4 is 47.2 Å². The molecule has 0 amide bonds. The van der Waals surface area contributed by atoms with Gasteiger partial charge in [-0.15, -0.1) is 12.4 Å².